The van der Waals surface area contributed by atoms with E-state index in [4.69, 9.17) is 0 Å². The average Bonchev–Trinajstić information content (AvgIpc) is 3.84. The van der Waals surface area contributed by atoms with Crippen LogP contribution >= 0.6 is 0 Å². The molecule has 0 radical (unpaired) electrons. The highest BCUT2D eigenvalue weighted by Crippen LogP contribution is 2.54. The maximum absolute atomic E-state index is 10.3. The highest BCUT2D eigenvalue weighted by molar-refractivity contribution is 6.32. The molecule has 0 unspecified atom stereocenters. The summed E-state index contributed by atoms with van der Waals surface area (Å²) in [5.41, 5.74) is 17.6. The molecule has 0 saturated carbocycles. The molecule has 0 aliphatic rings. The van der Waals surface area contributed by atoms with Crippen LogP contribution < -0.4 is 0 Å². The Morgan fingerprint density at radius 2 is 0.661 bits per heavy atom. The molecule has 11 aromatic rings. The lowest BCUT2D eigenvalue weighted by molar-refractivity contribution is 1.36. The highest BCUT2D eigenvalue weighted by Gasteiger charge is 2.29. The van der Waals surface area contributed by atoms with E-state index in [1.165, 1.54) is 0 Å². The van der Waals surface area contributed by atoms with Gasteiger partial charge in [-0.15, -0.1) is 0 Å². The molecule has 9 aromatic carbocycles. The Labute approximate surface area is 341 Å². The van der Waals surface area contributed by atoms with Gasteiger partial charge in [0.15, 0.2) is 0 Å². The monoisotopic (exact) mass is 747 g/mol. The number of fused-ring (bicyclic) bond motifs is 6. The molecule has 0 aliphatic carbocycles. The molecule has 3 nitrogen and oxygen atoms in total. The van der Waals surface area contributed by atoms with Gasteiger partial charge in [-0.05, 0) is 97.1 Å². The summed E-state index contributed by atoms with van der Waals surface area (Å²) in [7, 11) is 0. The lowest BCUT2D eigenvalue weighted by Crippen LogP contribution is -1.95. The molecule has 0 spiro atoms. The van der Waals surface area contributed by atoms with Gasteiger partial charge in [-0.1, -0.05) is 170 Å². The Morgan fingerprint density at radius 1 is 0.322 bits per heavy atom. The van der Waals surface area contributed by atoms with Crippen LogP contribution in [0.2, 0.25) is 0 Å². The molecule has 59 heavy (non-hydrogen) atoms. The van der Waals surface area contributed by atoms with E-state index >= 15 is 0 Å². The first-order valence-corrected chi connectivity index (χ1v) is 19.8. The van der Waals surface area contributed by atoms with Crippen molar-refractivity contribution in [1.29, 1.82) is 10.5 Å². The summed E-state index contributed by atoms with van der Waals surface area (Å²) in [5.74, 6) is 0. The van der Waals surface area contributed by atoms with E-state index in [1.807, 2.05) is 24.3 Å². The SMILES string of the molecule is N#Cc1ccc2c3c(-c4c(-c5ccccc5)cccc4-c4ccccc4)cc(-c4c(-c5ccccc5)cccc4-c4ccccc4)c4c5ccc(C#N)cc5n(c2c1)c34. The molecule has 2 aromatic heterocycles. The fourth-order valence-electron chi connectivity index (χ4n) is 9.32. The minimum atomic E-state index is 0.584. The number of rotatable bonds is 6. The predicted molar refractivity (Wildman–Crippen MR) is 243 cm³/mol. The number of hydrogen-bond donors (Lipinski definition) is 0. The summed E-state index contributed by atoms with van der Waals surface area (Å²) in [6, 6.07) is 75.3. The van der Waals surface area contributed by atoms with Gasteiger partial charge in [0.25, 0.3) is 0 Å². The maximum atomic E-state index is 10.3. The van der Waals surface area contributed by atoms with E-state index in [2.05, 4.69) is 192 Å². The summed E-state index contributed by atoms with van der Waals surface area (Å²) < 4.78 is 2.31. The van der Waals surface area contributed by atoms with Gasteiger partial charge >= 0.3 is 0 Å². The van der Waals surface area contributed by atoms with Crippen molar-refractivity contribution in [2.75, 3.05) is 0 Å². The van der Waals surface area contributed by atoms with Gasteiger partial charge in [0.05, 0.1) is 39.8 Å². The molecular formula is C56H33N3. The summed E-state index contributed by atoms with van der Waals surface area (Å²) in [4.78, 5) is 0. The number of nitrogens with zero attached hydrogens (tertiary/aromatic N) is 3. The topological polar surface area (TPSA) is 52.0 Å². The number of aromatic nitrogens is 1. The molecule has 272 valence electrons. The first kappa shape index (κ1) is 34.0. The Hall–Kier alpha value is -8.24. The van der Waals surface area contributed by atoms with Crippen LogP contribution in [0.25, 0.3) is 105 Å². The second-order valence-corrected chi connectivity index (χ2v) is 15.0. The highest BCUT2D eigenvalue weighted by atomic mass is 14.9. The molecule has 0 saturated heterocycles. The zero-order valence-electron chi connectivity index (χ0n) is 31.9. The zero-order chi connectivity index (χ0) is 39.5. The summed E-state index contributed by atoms with van der Waals surface area (Å²) in [6.07, 6.45) is 0. The number of hydrogen-bond acceptors (Lipinski definition) is 2. The van der Waals surface area contributed by atoms with Gasteiger partial charge < -0.3 is 4.40 Å². The quantitative estimate of drug-likeness (QED) is 0.170. The molecule has 0 aliphatic heterocycles. The molecule has 0 fully saturated rings. The smallest absolute Gasteiger partial charge is 0.0992 e. The van der Waals surface area contributed by atoms with Crippen molar-refractivity contribution in [3.8, 4) is 78.9 Å². The van der Waals surface area contributed by atoms with Crippen molar-refractivity contribution >= 4 is 38.1 Å². The Bertz CT molecular complexity index is 3130. The van der Waals surface area contributed by atoms with Gasteiger partial charge in [0.2, 0.25) is 0 Å². The standard InChI is InChI=1S/C56H33N3/c57-34-36-27-29-46-50(31-36)59-51-32-37(35-58)28-30-47(51)55-49(53-44(40-19-9-3-10-20-40)25-14-26-45(53)41-21-11-4-12-22-41)33-48(54(46)56(55)59)52-42(38-15-5-1-6-16-38)23-13-24-43(52)39-17-7-2-8-18-39/h1-33H. The van der Waals surface area contributed by atoms with Crippen molar-refractivity contribution < 1.29 is 0 Å². The molecule has 0 atom stereocenters. The van der Waals surface area contributed by atoms with Crippen LogP contribution in [0, 0.1) is 22.7 Å². The number of benzene rings is 9. The van der Waals surface area contributed by atoms with E-state index in [1.54, 1.807) is 0 Å². The van der Waals surface area contributed by atoms with E-state index < -0.39 is 0 Å². The van der Waals surface area contributed by atoms with Crippen molar-refractivity contribution in [2.45, 2.75) is 0 Å². The van der Waals surface area contributed by atoms with Gasteiger partial charge in [0, 0.05) is 21.5 Å². The summed E-state index contributed by atoms with van der Waals surface area (Å²) >= 11 is 0. The lowest BCUT2D eigenvalue weighted by atomic mass is 9.81. The lowest BCUT2D eigenvalue weighted by Gasteiger charge is -2.21. The molecule has 0 amide bonds. The minimum Gasteiger partial charge on any atom is -0.308 e. The molecule has 0 N–H and O–H groups in total. The molecule has 0 bridgehead atoms. The van der Waals surface area contributed by atoms with Crippen LogP contribution in [-0.2, 0) is 0 Å². The molecule has 2 heterocycles. The van der Waals surface area contributed by atoms with E-state index in [0.29, 0.717) is 11.1 Å². The second-order valence-electron chi connectivity index (χ2n) is 15.0. The first-order chi connectivity index (χ1) is 29.2. The van der Waals surface area contributed by atoms with Crippen LogP contribution in [-0.4, -0.2) is 4.40 Å². The summed E-state index contributed by atoms with van der Waals surface area (Å²) in [5, 5.41) is 24.8. The number of nitriles is 2. The molecule has 11 rings (SSSR count). The van der Waals surface area contributed by atoms with Gasteiger partial charge in [-0.2, -0.15) is 10.5 Å². The minimum absolute atomic E-state index is 0.584. The third-order valence-electron chi connectivity index (χ3n) is 11.8. The second kappa shape index (κ2) is 13.7. The van der Waals surface area contributed by atoms with E-state index in [-0.39, 0.29) is 0 Å². The van der Waals surface area contributed by atoms with Crippen molar-refractivity contribution in [2.24, 2.45) is 0 Å². The van der Waals surface area contributed by atoms with Crippen molar-refractivity contribution in [3.05, 3.63) is 211 Å². The van der Waals surface area contributed by atoms with Crippen LogP contribution in [0.4, 0.5) is 0 Å². The zero-order valence-corrected chi connectivity index (χ0v) is 31.9. The maximum Gasteiger partial charge on any atom is 0.0992 e. The average molecular weight is 748 g/mol. The van der Waals surface area contributed by atoms with Crippen LogP contribution in [0.1, 0.15) is 11.1 Å². The fourth-order valence-corrected chi connectivity index (χ4v) is 9.32. The fraction of sp³-hybridized carbons (Fsp3) is 0. The molecule has 3 heteroatoms. The third kappa shape index (κ3) is 5.34. The van der Waals surface area contributed by atoms with E-state index in [9.17, 15) is 10.5 Å². The van der Waals surface area contributed by atoms with Crippen LogP contribution in [0.15, 0.2) is 200 Å². The van der Waals surface area contributed by atoms with Crippen molar-refractivity contribution in [3.63, 3.8) is 0 Å². The van der Waals surface area contributed by atoms with Gasteiger partial charge in [0.1, 0.15) is 0 Å². The van der Waals surface area contributed by atoms with Crippen LogP contribution in [0.5, 0.6) is 0 Å². The summed E-state index contributed by atoms with van der Waals surface area (Å²) in [6.45, 7) is 0. The third-order valence-corrected chi connectivity index (χ3v) is 11.8. The largest absolute Gasteiger partial charge is 0.308 e. The predicted octanol–water partition coefficient (Wildman–Crippen LogP) is 14.6. The Kier molecular flexibility index (Phi) is 7.93. The van der Waals surface area contributed by atoms with Crippen LogP contribution in [0.3, 0.4) is 0 Å². The first-order valence-electron chi connectivity index (χ1n) is 19.8. The van der Waals surface area contributed by atoms with E-state index in [0.717, 1.165) is 105 Å². The Morgan fingerprint density at radius 3 is 0.983 bits per heavy atom. The van der Waals surface area contributed by atoms with Gasteiger partial charge in [-0.3, -0.25) is 0 Å². The Balaban J connectivity index is 1.42. The normalized spacial score (nSPS) is 11.4. The van der Waals surface area contributed by atoms with Crippen molar-refractivity contribution in [1.82, 2.24) is 4.40 Å². The van der Waals surface area contributed by atoms with Gasteiger partial charge in [-0.25, -0.2) is 0 Å². The molecular weight excluding hydrogens is 715 g/mol.